The molecule has 1 N–H and O–H groups in total. The molecule has 2 aromatic heterocycles. The number of pyridine rings is 1. The zero-order valence-electron chi connectivity index (χ0n) is 17.4. The monoisotopic (exact) mass is 437 g/mol. The van der Waals surface area contributed by atoms with Crippen LogP contribution >= 0.6 is 11.6 Å². The summed E-state index contributed by atoms with van der Waals surface area (Å²) in [7, 11) is 0. The lowest BCUT2D eigenvalue weighted by molar-refractivity contribution is 0.301. The Morgan fingerprint density at radius 3 is 2.74 bits per heavy atom. The van der Waals surface area contributed by atoms with Crippen molar-refractivity contribution in [1.29, 1.82) is 0 Å². The topological polar surface area (TPSA) is 51.0 Å². The van der Waals surface area contributed by atoms with Crippen LogP contribution in [0, 0.1) is 11.7 Å². The third kappa shape index (κ3) is 4.38. The number of halogens is 2. The first-order chi connectivity index (χ1) is 15.0. The van der Waals surface area contributed by atoms with Crippen LogP contribution in [0.15, 0.2) is 53.1 Å². The predicted octanol–water partition coefficient (Wildman–Crippen LogP) is 7.33. The predicted molar refractivity (Wildman–Crippen MR) is 123 cm³/mol. The number of nitrogens with zero attached hydrogens (tertiary/aromatic N) is 2. The Labute approximate surface area is 185 Å². The number of oxazole rings is 1. The molecule has 6 heteroatoms. The molecule has 0 spiro atoms. The first-order valence-corrected chi connectivity index (χ1v) is 11.3. The SMILES string of the molecule is CC(C[C@H]1CC[C@@H](c2ccnc3ccc(F)cc32)CC1)Nc1nc2ccc(Cl)cc2o1. The van der Waals surface area contributed by atoms with E-state index in [1.807, 2.05) is 18.3 Å². The molecule has 1 atom stereocenters. The van der Waals surface area contributed by atoms with E-state index in [0.29, 0.717) is 28.5 Å². The van der Waals surface area contributed by atoms with E-state index in [-0.39, 0.29) is 11.9 Å². The van der Waals surface area contributed by atoms with E-state index in [1.54, 1.807) is 18.2 Å². The Morgan fingerprint density at radius 1 is 1.10 bits per heavy atom. The number of fused-ring (bicyclic) bond motifs is 2. The Balaban J connectivity index is 1.20. The number of aromatic nitrogens is 2. The van der Waals surface area contributed by atoms with Gasteiger partial charge in [-0.1, -0.05) is 11.6 Å². The van der Waals surface area contributed by atoms with Crippen molar-refractivity contribution >= 4 is 39.6 Å². The fourth-order valence-corrected chi connectivity index (χ4v) is 5.10. The van der Waals surface area contributed by atoms with Crippen LogP contribution in [0.5, 0.6) is 0 Å². The number of rotatable bonds is 5. The molecule has 2 aromatic carbocycles. The summed E-state index contributed by atoms with van der Waals surface area (Å²) < 4.78 is 19.6. The normalized spacial score (nSPS) is 20.2. The summed E-state index contributed by atoms with van der Waals surface area (Å²) in [6.45, 7) is 2.17. The molecular weight excluding hydrogens is 413 g/mol. The molecule has 160 valence electrons. The van der Waals surface area contributed by atoms with Crippen LogP contribution in [0.2, 0.25) is 5.02 Å². The van der Waals surface area contributed by atoms with Crippen molar-refractivity contribution in [3.05, 3.63) is 65.1 Å². The summed E-state index contributed by atoms with van der Waals surface area (Å²) in [4.78, 5) is 8.90. The maximum absolute atomic E-state index is 13.8. The largest absolute Gasteiger partial charge is 0.423 e. The van der Waals surface area contributed by atoms with Crippen molar-refractivity contribution in [2.45, 2.75) is 51.0 Å². The van der Waals surface area contributed by atoms with Crippen molar-refractivity contribution in [3.8, 4) is 0 Å². The van der Waals surface area contributed by atoms with Crippen LogP contribution in [-0.2, 0) is 0 Å². The average molecular weight is 438 g/mol. The minimum atomic E-state index is -0.197. The molecule has 4 aromatic rings. The molecule has 0 bridgehead atoms. The summed E-state index contributed by atoms with van der Waals surface area (Å²) in [5, 5.41) is 5.00. The van der Waals surface area contributed by atoms with Gasteiger partial charge in [0.15, 0.2) is 5.58 Å². The summed E-state index contributed by atoms with van der Waals surface area (Å²) in [6.07, 6.45) is 7.49. The van der Waals surface area contributed by atoms with Crippen molar-refractivity contribution in [1.82, 2.24) is 9.97 Å². The van der Waals surface area contributed by atoms with Gasteiger partial charge in [-0.15, -0.1) is 0 Å². The van der Waals surface area contributed by atoms with E-state index in [4.69, 9.17) is 16.0 Å². The van der Waals surface area contributed by atoms with Gasteiger partial charge < -0.3 is 9.73 Å². The fraction of sp³-hybridized carbons (Fsp3) is 0.360. The molecule has 0 radical (unpaired) electrons. The van der Waals surface area contributed by atoms with Gasteiger partial charge in [0.25, 0.3) is 6.01 Å². The summed E-state index contributed by atoms with van der Waals surface area (Å²) in [5.41, 5.74) is 3.61. The lowest BCUT2D eigenvalue weighted by Gasteiger charge is -2.31. The Hall–Kier alpha value is -2.66. The zero-order chi connectivity index (χ0) is 21.4. The molecular formula is C25H25ClFN3O. The van der Waals surface area contributed by atoms with Gasteiger partial charge in [-0.05, 0) is 92.8 Å². The zero-order valence-corrected chi connectivity index (χ0v) is 18.2. The second-order valence-electron chi connectivity index (χ2n) is 8.69. The Morgan fingerprint density at radius 2 is 1.90 bits per heavy atom. The van der Waals surface area contributed by atoms with Crippen molar-refractivity contribution in [2.75, 3.05) is 5.32 Å². The second-order valence-corrected chi connectivity index (χ2v) is 9.13. The molecule has 0 aliphatic heterocycles. The number of hydrogen-bond donors (Lipinski definition) is 1. The minimum absolute atomic E-state index is 0.197. The van der Waals surface area contributed by atoms with E-state index >= 15 is 0 Å². The van der Waals surface area contributed by atoms with E-state index in [9.17, 15) is 4.39 Å². The molecule has 1 saturated carbocycles. The first-order valence-electron chi connectivity index (χ1n) is 10.9. The molecule has 4 nitrogen and oxygen atoms in total. The summed E-state index contributed by atoms with van der Waals surface area (Å²) >= 11 is 6.03. The molecule has 1 aliphatic rings. The number of hydrogen-bond acceptors (Lipinski definition) is 4. The molecule has 0 saturated heterocycles. The lowest BCUT2D eigenvalue weighted by atomic mass is 9.76. The minimum Gasteiger partial charge on any atom is -0.423 e. The standard InChI is InChI=1S/C25H25ClFN3O/c1-15(29-25-30-23-8-6-18(26)13-24(23)31-25)12-16-2-4-17(5-3-16)20-10-11-28-22-9-7-19(27)14-21(20)22/h6-11,13-17H,2-5,12H2,1H3,(H,29,30)/t15?,16-,17+. The van der Waals surface area contributed by atoms with Gasteiger partial charge >= 0.3 is 0 Å². The smallest absolute Gasteiger partial charge is 0.295 e. The molecule has 5 rings (SSSR count). The van der Waals surface area contributed by atoms with E-state index in [1.165, 1.54) is 24.5 Å². The quantitative estimate of drug-likeness (QED) is 0.355. The van der Waals surface area contributed by atoms with Gasteiger partial charge in [-0.25, -0.2) is 4.39 Å². The van der Waals surface area contributed by atoms with Crippen molar-refractivity contribution in [3.63, 3.8) is 0 Å². The van der Waals surface area contributed by atoms with Gasteiger partial charge in [-0.3, -0.25) is 4.98 Å². The van der Waals surface area contributed by atoms with Crippen LogP contribution in [0.4, 0.5) is 10.4 Å². The summed E-state index contributed by atoms with van der Waals surface area (Å²) in [6, 6.07) is 13.2. The third-order valence-electron chi connectivity index (χ3n) is 6.43. The number of anilines is 1. The van der Waals surface area contributed by atoms with Crippen LogP contribution in [0.25, 0.3) is 22.0 Å². The van der Waals surface area contributed by atoms with E-state index in [2.05, 4.69) is 28.3 Å². The van der Waals surface area contributed by atoms with Crippen LogP contribution in [-0.4, -0.2) is 16.0 Å². The molecule has 2 heterocycles. The highest BCUT2D eigenvalue weighted by Gasteiger charge is 2.25. The number of benzene rings is 2. The van der Waals surface area contributed by atoms with Crippen LogP contribution in [0.1, 0.15) is 50.5 Å². The maximum Gasteiger partial charge on any atom is 0.295 e. The highest BCUT2D eigenvalue weighted by atomic mass is 35.5. The van der Waals surface area contributed by atoms with Gasteiger partial charge in [0.1, 0.15) is 11.3 Å². The first kappa shape index (κ1) is 20.3. The van der Waals surface area contributed by atoms with E-state index in [0.717, 1.165) is 35.7 Å². The number of nitrogens with one attached hydrogen (secondary N) is 1. The van der Waals surface area contributed by atoms with Crippen LogP contribution < -0.4 is 5.32 Å². The second kappa shape index (κ2) is 8.46. The van der Waals surface area contributed by atoms with Crippen molar-refractivity contribution < 1.29 is 8.81 Å². The van der Waals surface area contributed by atoms with Gasteiger partial charge in [0.05, 0.1) is 5.52 Å². The van der Waals surface area contributed by atoms with Gasteiger partial charge in [0, 0.05) is 28.7 Å². The Bertz CT molecular complexity index is 1220. The van der Waals surface area contributed by atoms with E-state index < -0.39 is 0 Å². The summed E-state index contributed by atoms with van der Waals surface area (Å²) in [5.74, 6) is 0.924. The maximum atomic E-state index is 13.8. The van der Waals surface area contributed by atoms with Gasteiger partial charge in [-0.2, -0.15) is 4.98 Å². The molecule has 1 aliphatic carbocycles. The van der Waals surface area contributed by atoms with Crippen molar-refractivity contribution in [2.24, 2.45) is 5.92 Å². The highest BCUT2D eigenvalue weighted by molar-refractivity contribution is 6.31. The molecule has 1 unspecified atom stereocenters. The van der Waals surface area contributed by atoms with Crippen LogP contribution in [0.3, 0.4) is 0 Å². The molecule has 1 fully saturated rings. The molecule has 0 amide bonds. The molecule has 31 heavy (non-hydrogen) atoms. The Kier molecular flexibility index (Phi) is 5.53. The van der Waals surface area contributed by atoms with Gasteiger partial charge in [0.2, 0.25) is 0 Å². The lowest BCUT2D eigenvalue weighted by Crippen LogP contribution is -2.23. The third-order valence-corrected chi connectivity index (χ3v) is 6.67. The fourth-order valence-electron chi connectivity index (χ4n) is 4.93. The highest BCUT2D eigenvalue weighted by Crippen LogP contribution is 2.40. The average Bonchev–Trinajstić information content (AvgIpc) is 3.15.